The van der Waals surface area contributed by atoms with Gasteiger partial charge in [0.2, 0.25) is 0 Å². The van der Waals surface area contributed by atoms with Gasteiger partial charge in [-0.25, -0.2) is 4.39 Å². The number of hydrazine groups is 1. The van der Waals surface area contributed by atoms with Crippen molar-refractivity contribution in [1.29, 1.82) is 0 Å². The van der Waals surface area contributed by atoms with Gasteiger partial charge in [-0.05, 0) is 49.2 Å². The average Bonchev–Trinajstić information content (AvgIpc) is 2.53. The molecule has 2 rings (SSSR count). The van der Waals surface area contributed by atoms with Crippen molar-refractivity contribution in [3.05, 3.63) is 65.0 Å². The number of ether oxygens (including phenoxy) is 1. The molecule has 0 saturated carbocycles. The molecular formula is C17H17FN2O3. The highest BCUT2D eigenvalue weighted by atomic mass is 19.1. The van der Waals surface area contributed by atoms with Crippen molar-refractivity contribution < 1.29 is 18.7 Å². The lowest BCUT2D eigenvalue weighted by molar-refractivity contribution is -0.123. The topological polar surface area (TPSA) is 67.4 Å². The SMILES string of the molecule is Cc1ccc(C)c(OCC(=O)NNC(=O)c2cccc(F)c2)c1. The zero-order valence-corrected chi connectivity index (χ0v) is 12.9. The molecule has 0 unspecified atom stereocenters. The summed E-state index contributed by atoms with van der Waals surface area (Å²) in [4.78, 5) is 23.4. The Hall–Kier alpha value is -2.89. The highest BCUT2D eigenvalue weighted by Crippen LogP contribution is 2.18. The Morgan fingerprint density at radius 3 is 2.61 bits per heavy atom. The van der Waals surface area contributed by atoms with Gasteiger partial charge in [0.1, 0.15) is 11.6 Å². The minimum atomic E-state index is -0.607. The molecule has 0 atom stereocenters. The van der Waals surface area contributed by atoms with Crippen molar-refractivity contribution >= 4 is 11.8 Å². The lowest BCUT2D eigenvalue weighted by Crippen LogP contribution is -2.43. The molecule has 2 N–H and O–H groups in total. The molecule has 5 nitrogen and oxygen atoms in total. The van der Waals surface area contributed by atoms with E-state index < -0.39 is 17.6 Å². The summed E-state index contributed by atoms with van der Waals surface area (Å²) < 4.78 is 18.4. The third kappa shape index (κ3) is 4.81. The van der Waals surface area contributed by atoms with Crippen LogP contribution in [0.5, 0.6) is 5.75 Å². The summed E-state index contributed by atoms with van der Waals surface area (Å²) in [5, 5.41) is 0. The van der Waals surface area contributed by atoms with E-state index in [1.54, 1.807) is 0 Å². The first-order valence-electron chi connectivity index (χ1n) is 7.00. The molecule has 2 aromatic rings. The Morgan fingerprint density at radius 2 is 1.87 bits per heavy atom. The van der Waals surface area contributed by atoms with Crippen molar-refractivity contribution in [2.24, 2.45) is 0 Å². The van der Waals surface area contributed by atoms with E-state index in [4.69, 9.17) is 4.74 Å². The summed E-state index contributed by atoms with van der Waals surface area (Å²) >= 11 is 0. The van der Waals surface area contributed by atoms with E-state index >= 15 is 0 Å². The maximum absolute atomic E-state index is 13.0. The second kappa shape index (κ2) is 7.40. The first-order valence-corrected chi connectivity index (χ1v) is 7.00. The minimum absolute atomic E-state index is 0.112. The molecule has 0 radical (unpaired) electrons. The maximum atomic E-state index is 13.0. The van der Waals surface area contributed by atoms with Gasteiger partial charge in [-0.3, -0.25) is 20.4 Å². The first kappa shape index (κ1) is 16.5. The zero-order chi connectivity index (χ0) is 16.8. The van der Waals surface area contributed by atoms with Crippen LogP contribution in [-0.2, 0) is 4.79 Å². The summed E-state index contributed by atoms with van der Waals surface area (Å²) in [5.74, 6) is -1.04. The van der Waals surface area contributed by atoms with Crippen LogP contribution in [0.1, 0.15) is 21.5 Å². The fourth-order valence-electron chi connectivity index (χ4n) is 1.87. The van der Waals surface area contributed by atoms with Gasteiger partial charge in [0.15, 0.2) is 6.61 Å². The molecule has 0 saturated heterocycles. The highest BCUT2D eigenvalue weighted by Gasteiger charge is 2.09. The van der Waals surface area contributed by atoms with Gasteiger partial charge in [0, 0.05) is 5.56 Å². The number of hydrogen-bond donors (Lipinski definition) is 2. The lowest BCUT2D eigenvalue weighted by atomic mass is 10.1. The van der Waals surface area contributed by atoms with E-state index in [2.05, 4.69) is 10.9 Å². The Morgan fingerprint density at radius 1 is 1.09 bits per heavy atom. The molecule has 23 heavy (non-hydrogen) atoms. The second-order valence-electron chi connectivity index (χ2n) is 5.07. The Bertz CT molecular complexity index is 732. The number of carbonyl (C=O) groups is 2. The number of carbonyl (C=O) groups excluding carboxylic acids is 2. The fourth-order valence-corrected chi connectivity index (χ4v) is 1.87. The molecule has 2 amide bonds. The maximum Gasteiger partial charge on any atom is 0.276 e. The van der Waals surface area contributed by atoms with Crippen LogP contribution in [0.3, 0.4) is 0 Å². The summed E-state index contributed by atoms with van der Waals surface area (Å²) in [6.07, 6.45) is 0. The predicted molar refractivity (Wildman–Crippen MR) is 83.4 cm³/mol. The van der Waals surface area contributed by atoms with Crippen LogP contribution in [0.25, 0.3) is 0 Å². The smallest absolute Gasteiger partial charge is 0.276 e. The number of amides is 2. The summed E-state index contributed by atoms with van der Waals surface area (Å²) in [6, 6.07) is 10.8. The van der Waals surface area contributed by atoms with Crippen molar-refractivity contribution in [3.8, 4) is 5.75 Å². The minimum Gasteiger partial charge on any atom is -0.483 e. The Kier molecular flexibility index (Phi) is 5.30. The van der Waals surface area contributed by atoms with Gasteiger partial charge in [0.25, 0.3) is 11.8 Å². The molecule has 6 heteroatoms. The largest absolute Gasteiger partial charge is 0.483 e. The van der Waals surface area contributed by atoms with Crippen molar-refractivity contribution in [2.75, 3.05) is 6.61 Å². The second-order valence-corrected chi connectivity index (χ2v) is 5.07. The van der Waals surface area contributed by atoms with Crippen LogP contribution in [0.15, 0.2) is 42.5 Å². The molecule has 0 aliphatic carbocycles. The molecular weight excluding hydrogens is 299 g/mol. The zero-order valence-electron chi connectivity index (χ0n) is 12.9. The van der Waals surface area contributed by atoms with Crippen molar-refractivity contribution in [3.63, 3.8) is 0 Å². The van der Waals surface area contributed by atoms with Gasteiger partial charge in [-0.1, -0.05) is 18.2 Å². The van der Waals surface area contributed by atoms with E-state index in [0.29, 0.717) is 5.75 Å². The van der Waals surface area contributed by atoms with E-state index in [1.807, 2.05) is 32.0 Å². The average molecular weight is 316 g/mol. The lowest BCUT2D eigenvalue weighted by Gasteiger charge is -2.11. The van der Waals surface area contributed by atoms with Crippen LogP contribution < -0.4 is 15.6 Å². The molecule has 0 spiro atoms. The van der Waals surface area contributed by atoms with Gasteiger partial charge in [-0.15, -0.1) is 0 Å². The monoisotopic (exact) mass is 316 g/mol. The van der Waals surface area contributed by atoms with Gasteiger partial charge < -0.3 is 4.74 Å². The summed E-state index contributed by atoms with van der Waals surface area (Å²) in [7, 11) is 0. The number of halogens is 1. The quantitative estimate of drug-likeness (QED) is 0.851. The summed E-state index contributed by atoms with van der Waals surface area (Å²) in [6.45, 7) is 3.55. The Labute approximate surface area is 133 Å². The predicted octanol–water partition coefficient (Wildman–Crippen LogP) is 2.28. The highest BCUT2D eigenvalue weighted by molar-refractivity contribution is 5.95. The van der Waals surface area contributed by atoms with Crippen LogP contribution in [0, 0.1) is 19.7 Å². The van der Waals surface area contributed by atoms with E-state index in [-0.39, 0.29) is 12.2 Å². The molecule has 0 aliphatic rings. The first-order chi connectivity index (χ1) is 11.0. The molecule has 0 aromatic heterocycles. The van der Waals surface area contributed by atoms with Crippen LogP contribution >= 0.6 is 0 Å². The summed E-state index contributed by atoms with van der Waals surface area (Å²) in [5.41, 5.74) is 6.46. The molecule has 0 fully saturated rings. The van der Waals surface area contributed by atoms with E-state index in [1.165, 1.54) is 18.2 Å². The number of hydrogen-bond acceptors (Lipinski definition) is 3. The number of aryl methyl sites for hydroxylation is 2. The Balaban J connectivity index is 1.83. The molecule has 120 valence electrons. The molecule has 0 heterocycles. The van der Waals surface area contributed by atoms with Crippen molar-refractivity contribution in [2.45, 2.75) is 13.8 Å². The standard InChI is InChI=1S/C17H17FN2O3/c1-11-6-7-12(2)15(8-11)23-10-16(21)19-20-17(22)13-4-3-5-14(18)9-13/h3-9H,10H2,1-2H3,(H,19,21)(H,20,22). The fraction of sp³-hybridized carbons (Fsp3) is 0.176. The number of nitrogens with one attached hydrogen (secondary N) is 2. The van der Waals surface area contributed by atoms with Crippen LogP contribution in [-0.4, -0.2) is 18.4 Å². The number of benzene rings is 2. The normalized spacial score (nSPS) is 10.0. The van der Waals surface area contributed by atoms with Gasteiger partial charge >= 0.3 is 0 Å². The van der Waals surface area contributed by atoms with Crippen LogP contribution in [0.4, 0.5) is 4.39 Å². The van der Waals surface area contributed by atoms with E-state index in [0.717, 1.165) is 17.2 Å². The third-order valence-corrected chi connectivity index (χ3v) is 3.10. The molecule has 0 aliphatic heterocycles. The van der Waals surface area contributed by atoms with Crippen LogP contribution in [0.2, 0.25) is 0 Å². The third-order valence-electron chi connectivity index (χ3n) is 3.10. The molecule has 2 aromatic carbocycles. The van der Waals surface area contributed by atoms with Gasteiger partial charge in [-0.2, -0.15) is 0 Å². The number of rotatable bonds is 4. The van der Waals surface area contributed by atoms with Crippen molar-refractivity contribution in [1.82, 2.24) is 10.9 Å². The van der Waals surface area contributed by atoms with Gasteiger partial charge in [0.05, 0.1) is 0 Å². The van der Waals surface area contributed by atoms with E-state index in [9.17, 15) is 14.0 Å². The molecule has 0 bridgehead atoms.